The molecule has 0 aliphatic heterocycles. The van der Waals surface area contributed by atoms with Crippen LogP contribution in [0.15, 0.2) is 64.7 Å². The number of aromatic nitrogens is 3. The van der Waals surface area contributed by atoms with E-state index < -0.39 is 11.7 Å². The van der Waals surface area contributed by atoms with Crippen LogP contribution in [0.1, 0.15) is 26.3 Å². The number of rotatable bonds is 8. The summed E-state index contributed by atoms with van der Waals surface area (Å²) >= 11 is 1.42. The van der Waals surface area contributed by atoms with E-state index in [2.05, 4.69) is 15.3 Å². The van der Waals surface area contributed by atoms with E-state index in [0.717, 1.165) is 10.9 Å². The molecule has 4 rings (SSSR count). The third-order valence-corrected chi connectivity index (χ3v) is 6.44. The van der Waals surface area contributed by atoms with Crippen molar-refractivity contribution in [3.8, 4) is 22.6 Å². The Bertz CT molecular complexity index is 1520. The minimum absolute atomic E-state index is 0.174. The van der Waals surface area contributed by atoms with Gasteiger partial charge in [0.1, 0.15) is 22.7 Å². The molecule has 0 saturated heterocycles. The van der Waals surface area contributed by atoms with Crippen molar-refractivity contribution in [1.29, 1.82) is 0 Å². The predicted molar refractivity (Wildman–Crippen MR) is 154 cm³/mol. The van der Waals surface area contributed by atoms with Gasteiger partial charge in [0.2, 0.25) is 0 Å². The van der Waals surface area contributed by atoms with E-state index in [1.165, 1.54) is 11.8 Å². The molecule has 2 heterocycles. The molecule has 9 nitrogen and oxygen atoms in total. The Balaban J connectivity index is 1.67. The lowest BCUT2D eigenvalue weighted by molar-refractivity contribution is 0.0636. The molecule has 0 aliphatic carbocycles. The molecule has 0 atom stereocenters. The van der Waals surface area contributed by atoms with Crippen molar-refractivity contribution >= 4 is 34.6 Å². The van der Waals surface area contributed by atoms with Crippen molar-refractivity contribution in [2.75, 3.05) is 25.8 Å². The molecule has 2 aromatic carbocycles. The number of pyridine rings is 1. The average Bonchev–Trinajstić information content (AvgIpc) is 2.91. The number of amides is 1. The summed E-state index contributed by atoms with van der Waals surface area (Å²) in [6, 6.07) is 14.6. The number of anilines is 1. The first-order valence-corrected chi connectivity index (χ1v) is 13.6. The highest BCUT2D eigenvalue weighted by molar-refractivity contribution is 7.98. The van der Waals surface area contributed by atoms with Gasteiger partial charge in [-0.05, 0) is 74.9 Å². The normalized spacial score (nSPS) is 11.3. The van der Waals surface area contributed by atoms with E-state index in [4.69, 9.17) is 14.2 Å². The molecule has 39 heavy (non-hydrogen) atoms. The summed E-state index contributed by atoms with van der Waals surface area (Å²) in [7, 11) is 3.15. The zero-order chi connectivity index (χ0) is 28.2. The minimum Gasteiger partial charge on any atom is -0.497 e. The van der Waals surface area contributed by atoms with Crippen molar-refractivity contribution in [1.82, 2.24) is 14.5 Å². The van der Waals surface area contributed by atoms with Gasteiger partial charge in [-0.3, -0.25) is 14.7 Å². The monoisotopic (exact) mass is 548 g/mol. The third kappa shape index (κ3) is 6.88. The van der Waals surface area contributed by atoms with Gasteiger partial charge in [0.25, 0.3) is 5.56 Å². The number of ether oxygens (including phenoxy) is 3. The maximum Gasteiger partial charge on any atom is 0.412 e. The van der Waals surface area contributed by atoms with Gasteiger partial charge >= 0.3 is 6.09 Å². The average molecular weight is 549 g/mol. The molecule has 4 aromatic rings. The van der Waals surface area contributed by atoms with Crippen LogP contribution in [-0.4, -0.2) is 46.7 Å². The zero-order valence-electron chi connectivity index (χ0n) is 22.9. The summed E-state index contributed by atoms with van der Waals surface area (Å²) < 4.78 is 17.8. The fourth-order valence-electron chi connectivity index (χ4n) is 4.04. The Morgan fingerprint density at radius 3 is 2.28 bits per heavy atom. The Labute approximate surface area is 231 Å². The summed E-state index contributed by atoms with van der Waals surface area (Å²) in [5.74, 6) is 1.17. The van der Waals surface area contributed by atoms with Crippen molar-refractivity contribution in [2.45, 2.75) is 44.5 Å². The van der Waals surface area contributed by atoms with E-state index in [0.29, 0.717) is 52.1 Å². The van der Waals surface area contributed by atoms with E-state index in [9.17, 15) is 9.59 Å². The number of nitrogens with one attached hydrogen (secondary N) is 1. The fraction of sp³-hybridized carbons (Fsp3) is 0.310. The van der Waals surface area contributed by atoms with Crippen molar-refractivity contribution in [3.05, 3.63) is 70.6 Å². The van der Waals surface area contributed by atoms with Gasteiger partial charge in [0.15, 0.2) is 5.16 Å². The lowest BCUT2D eigenvalue weighted by Crippen LogP contribution is -2.27. The molecule has 1 N–H and O–H groups in total. The Morgan fingerprint density at radius 1 is 1.03 bits per heavy atom. The van der Waals surface area contributed by atoms with E-state index in [-0.39, 0.29) is 5.56 Å². The summed E-state index contributed by atoms with van der Waals surface area (Å²) in [6.07, 6.45) is 3.70. The molecule has 1 amide bonds. The van der Waals surface area contributed by atoms with Gasteiger partial charge in [-0.15, -0.1) is 0 Å². The molecule has 10 heteroatoms. The number of hydrogen-bond acceptors (Lipinski definition) is 8. The van der Waals surface area contributed by atoms with Gasteiger partial charge in [-0.2, -0.15) is 0 Å². The molecule has 0 unspecified atom stereocenters. The second kappa shape index (κ2) is 11.8. The van der Waals surface area contributed by atoms with Gasteiger partial charge in [-0.1, -0.05) is 23.9 Å². The van der Waals surface area contributed by atoms with E-state index >= 15 is 0 Å². The molecule has 0 aliphatic rings. The number of methoxy groups -OCH3 is 2. The van der Waals surface area contributed by atoms with Crippen LogP contribution in [0.4, 0.5) is 10.5 Å². The molecule has 204 valence electrons. The van der Waals surface area contributed by atoms with E-state index in [1.807, 2.05) is 69.5 Å². The lowest BCUT2D eigenvalue weighted by atomic mass is 10.0. The maximum absolute atomic E-state index is 13.8. The summed E-state index contributed by atoms with van der Waals surface area (Å²) in [4.78, 5) is 35.0. The van der Waals surface area contributed by atoms with Crippen molar-refractivity contribution in [2.24, 2.45) is 0 Å². The molecule has 0 spiro atoms. The molecule has 0 fully saturated rings. The molecule has 0 radical (unpaired) electrons. The fourth-order valence-corrected chi connectivity index (χ4v) is 4.37. The smallest absolute Gasteiger partial charge is 0.412 e. The van der Waals surface area contributed by atoms with E-state index in [1.54, 1.807) is 31.0 Å². The van der Waals surface area contributed by atoms with Gasteiger partial charge in [-0.25, -0.2) is 14.8 Å². The second-order valence-corrected chi connectivity index (χ2v) is 10.6. The van der Waals surface area contributed by atoms with Crippen LogP contribution in [0.25, 0.3) is 22.2 Å². The number of carbonyl (C=O) groups excluding carboxylic acids is 1. The minimum atomic E-state index is -0.579. The molecular formula is C29H32N4O5S. The van der Waals surface area contributed by atoms with Crippen LogP contribution in [-0.2, 0) is 17.7 Å². The Morgan fingerprint density at radius 2 is 1.69 bits per heavy atom. The zero-order valence-corrected chi connectivity index (χ0v) is 23.7. The molecular weight excluding hydrogens is 516 g/mol. The van der Waals surface area contributed by atoms with Crippen molar-refractivity contribution in [3.63, 3.8) is 0 Å². The first-order valence-electron chi connectivity index (χ1n) is 12.4. The Hall–Kier alpha value is -4.05. The number of carbonyl (C=O) groups is 1. The van der Waals surface area contributed by atoms with Crippen LogP contribution in [0.5, 0.6) is 11.5 Å². The highest BCUT2D eigenvalue weighted by Crippen LogP contribution is 2.30. The molecule has 0 saturated carbocycles. The summed E-state index contributed by atoms with van der Waals surface area (Å²) in [5.41, 5.74) is 2.62. The number of aryl methyl sites for hydroxylation is 2. The second-order valence-electron chi connectivity index (χ2n) is 9.83. The predicted octanol–water partition coefficient (Wildman–Crippen LogP) is 5.79. The topological polar surface area (TPSA) is 105 Å². The van der Waals surface area contributed by atoms with Gasteiger partial charge in [0, 0.05) is 35.4 Å². The standard InChI is InChI=1S/C29H32N4O5S/c1-29(2,3)38-28(35)31-21-9-7-18(8-10-21)11-12-33-25-20(17-30-27(32-25)39-6)15-24(26(33)34)19-13-22(36-4)16-23(14-19)37-5/h7-10,13-17H,11-12H2,1-6H3,(H,31,35). The van der Waals surface area contributed by atoms with Crippen LogP contribution in [0.3, 0.4) is 0 Å². The van der Waals surface area contributed by atoms with Crippen LogP contribution < -0.4 is 20.3 Å². The third-order valence-electron chi connectivity index (χ3n) is 5.87. The number of nitrogens with zero attached hydrogens (tertiary/aromatic N) is 3. The molecule has 2 aromatic heterocycles. The van der Waals surface area contributed by atoms with Crippen molar-refractivity contribution < 1.29 is 19.0 Å². The number of fused-ring (bicyclic) bond motifs is 1. The highest BCUT2D eigenvalue weighted by atomic mass is 32.2. The quantitative estimate of drug-likeness (QED) is 0.218. The summed E-state index contributed by atoms with van der Waals surface area (Å²) in [5, 5.41) is 4.07. The van der Waals surface area contributed by atoms with Gasteiger partial charge in [0.05, 0.1) is 14.2 Å². The first-order chi connectivity index (χ1) is 18.6. The maximum atomic E-state index is 13.8. The highest BCUT2D eigenvalue weighted by Gasteiger charge is 2.17. The first kappa shape index (κ1) is 28.0. The summed E-state index contributed by atoms with van der Waals surface area (Å²) in [6.45, 7) is 5.84. The van der Waals surface area contributed by atoms with Gasteiger partial charge < -0.3 is 14.2 Å². The number of benzene rings is 2. The lowest BCUT2D eigenvalue weighted by Gasteiger charge is -2.19. The van der Waals surface area contributed by atoms with Crippen LogP contribution in [0.2, 0.25) is 0 Å². The van der Waals surface area contributed by atoms with Crippen LogP contribution in [0, 0.1) is 0 Å². The number of hydrogen-bond donors (Lipinski definition) is 1. The van der Waals surface area contributed by atoms with Crippen LogP contribution >= 0.6 is 11.8 Å². The largest absolute Gasteiger partial charge is 0.497 e. The Kier molecular flexibility index (Phi) is 8.44. The SMILES string of the molecule is COc1cc(OC)cc(-c2cc3cnc(SC)nc3n(CCc3ccc(NC(=O)OC(C)(C)C)cc3)c2=O)c1. The molecule has 0 bridgehead atoms. The number of thioether (sulfide) groups is 1.